The van der Waals surface area contributed by atoms with Crippen molar-refractivity contribution in [3.8, 4) is 0 Å². The van der Waals surface area contributed by atoms with Crippen molar-refractivity contribution in [1.29, 1.82) is 0 Å². The van der Waals surface area contributed by atoms with Gasteiger partial charge >= 0.3 is 0 Å². The highest BCUT2D eigenvalue weighted by atomic mass is 16.1. The highest BCUT2D eigenvalue weighted by Gasteiger charge is 2.19. The zero-order valence-corrected chi connectivity index (χ0v) is 11.4. The number of hydrogen-bond acceptors (Lipinski definition) is 2. The highest BCUT2D eigenvalue weighted by Crippen LogP contribution is 2.19. The van der Waals surface area contributed by atoms with Crippen LogP contribution in [-0.2, 0) is 7.05 Å². The number of aromatic nitrogens is 2. The first-order valence-electron chi connectivity index (χ1n) is 6.19. The number of rotatable bonds is 5. The van der Waals surface area contributed by atoms with Crippen molar-refractivity contribution < 1.29 is 4.79 Å². The van der Waals surface area contributed by atoms with Gasteiger partial charge in [-0.1, -0.05) is 27.7 Å². The minimum absolute atomic E-state index is 0.0862. The van der Waals surface area contributed by atoms with Crippen LogP contribution in [0, 0.1) is 17.8 Å². The van der Waals surface area contributed by atoms with Crippen LogP contribution in [0.5, 0.6) is 0 Å². The van der Waals surface area contributed by atoms with Gasteiger partial charge in [0.15, 0.2) is 0 Å². The van der Waals surface area contributed by atoms with E-state index in [-0.39, 0.29) is 5.91 Å². The molecule has 1 N–H and O–H groups in total. The zero-order chi connectivity index (χ0) is 13.0. The van der Waals surface area contributed by atoms with Gasteiger partial charge in [-0.05, 0) is 23.8 Å². The van der Waals surface area contributed by atoms with E-state index in [0.717, 1.165) is 0 Å². The maximum Gasteiger partial charge on any atom is 0.271 e. The molecule has 1 rings (SSSR count). The summed E-state index contributed by atoms with van der Waals surface area (Å²) in [7, 11) is 1.81. The molecule has 1 aromatic rings. The van der Waals surface area contributed by atoms with Gasteiger partial charge in [0.05, 0.1) is 0 Å². The lowest BCUT2D eigenvalue weighted by Gasteiger charge is -2.24. The third-order valence-corrected chi connectivity index (χ3v) is 3.16. The predicted octanol–water partition coefficient (Wildman–Crippen LogP) is 2.08. The molecule has 0 saturated carbocycles. The van der Waals surface area contributed by atoms with Gasteiger partial charge in [0.2, 0.25) is 0 Å². The first kappa shape index (κ1) is 13.7. The molecule has 0 aliphatic carbocycles. The average molecular weight is 237 g/mol. The monoisotopic (exact) mass is 237 g/mol. The van der Waals surface area contributed by atoms with Crippen LogP contribution in [0.4, 0.5) is 0 Å². The number of aryl methyl sites for hydroxylation is 1. The number of carbonyl (C=O) groups excluding carboxylic acids is 1. The lowest BCUT2D eigenvalue weighted by molar-refractivity contribution is 0.0931. The van der Waals surface area contributed by atoms with E-state index >= 15 is 0 Å². The molecule has 96 valence electrons. The SMILES string of the molecule is CC(C)C(CNC(=O)c1ccn(C)n1)C(C)C. The van der Waals surface area contributed by atoms with Gasteiger partial charge < -0.3 is 5.32 Å². The summed E-state index contributed by atoms with van der Waals surface area (Å²) >= 11 is 0. The fourth-order valence-corrected chi connectivity index (χ4v) is 2.08. The smallest absolute Gasteiger partial charge is 0.271 e. The summed E-state index contributed by atoms with van der Waals surface area (Å²) in [5.74, 6) is 1.55. The van der Waals surface area contributed by atoms with E-state index in [4.69, 9.17) is 0 Å². The molecule has 1 amide bonds. The number of nitrogens with zero attached hydrogens (tertiary/aromatic N) is 2. The second kappa shape index (κ2) is 5.84. The van der Waals surface area contributed by atoms with Gasteiger partial charge in [0.1, 0.15) is 5.69 Å². The molecule has 1 heterocycles. The van der Waals surface area contributed by atoms with Crippen LogP contribution in [0.25, 0.3) is 0 Å². The van der Waals surface area contributed by atoms with E-state index in [1.165, 1.54) is 0 Å². The minimum atomic E-state index is -0.0862. The van der Waals surface area contributed by atoms with E-state index in [9.17, 15) is 4.79 Å². The van der Waals surface area contributed by atoms with E-state index in [1.54, 1.807) is 16.9 Å². The molecule has 0 spiro atoms. The van der Waals surface area contributed by atoms with Crippen LogP contribution in [0.3, 0.4) is 0 Å². The Kier molecular flexibility index (Phi) is 4.73. The summed E-state index contributed by atoms with van der Waals surface area (Å²) in [4.78, 5) is 11.8. The molecule has 4 nitrogen and oxygen atoms in total. The Morgan fingerprint density at radius 2 is 1.94 bits per heavy atom. The molecule has 0 unspecified atom stereocenters. The topological polar surface area (TPSA) is 46.9 Å². The summed E-state index contributed by atoms with van der Waals surface area (Å²) < 4.78 is 1.64. The second-order valence-electron chi connectivity index (χ2n) is 5.24. The molecule has 0 aromatic carbocycles. The highest BCUT2D eigenvalue weighted by molar-refractivity contribution is 5.92. The molecule has 0 saturated heterocycles. The lowest BCUT2D eigenvalue weighted by Crippen LogP contribution is -2.34. The Morgan fingerprint density at radius 3 is 2.35 bits per heavy atom. The molecular formula is C13H23N3O. The Balaban J connectivity index is 2.52. The van der Waals surface area contributed by atoms with Crippen LogP contribution in [0.15, 0.2) is 12.3 Å². The largest absolute Gasteiger partial charge is 0.350 e. The summed E-state index contributed by atoms with van der Waals surface area (Å²) in [6.45, 7) is 9.48. The van der Waals surface area contributed by atoms with Gasteiger partial charge in [-0.2, -0.15) is 5.10 Å². The van der Waals surface area contributed by atoms with Crippen molar-refractivity contribution in [2.24, 2.45) is 24.8 Å². The van der Waals surface area contributed by atoms with Crippen molar-refractivity contribution in [3.63, 3.8) is 0 Å². The first-order valence-corrected chi connectivity index (χ1v) is 6.19. The fourth-order valence-electron chi connectivity index (χ4n) is 2.08. The van der Waals surface area contributed by atoms with Crippen molar-refractivity contribution in [2.75, 3.05) is 6.54 Å². The lowest BCUT2D eigenvalue weighted by atomic mass is 9.85. The van der Waals surface area contributed by atoms with E-state index < -0.39 is 0 Å². The summed E-state index contributed by atoms with van der Waals surface area (Å²) in [5, 5.41) is 7.04. The van der Waals surface area contributed by atoms with E-state index in [0.29, 0.717) is 30.0 Å². The normalized spacial score (nSPS) is 11.5. The third kappa shape index (κ3) is 3.88. The Bertz CT molecular complexity index is 360. The van der Waals surface area contributed by atoms with Crippen molar-refractivity contribution in [2.45, 2.75) is 27.7 Å². The second-order valence-corrected chi connectivity index (χ2v) is 5.24. The van der Waals surface area contributed by atoms with Gasteiger partial charge in [-0.3, -0.25) is 9.48 Å². The molecule has 0 aliphatic heterocycles. The summed E-state index contributed by atoms with van der Waals surface area (Å²) in [6, 6.07) is 1.73. The molecule has 0 atom stereocenters. The minimum Gasteiger partial charge on any atom is -0.350 e. The average Bonchev–Trinajstić information content (AvgIpc) is 2.63. The van der Waals surface area contributed by atoms with E-state index in [2.05, 4.69) is 38.1 Å². The molecular weight excluding hydrogens is 214 g/mol. The fraction of sp³-hybridized carbons (Fsp3) is 0.692. The maximum atomic E-state index is 11.8. The standard InChI is InChI=1S/C13H23N3O/c1-9(2)11(10(3)4)8-14-13(17)12-6-7-16(5)15-12/h6-7,9-11H,8H2,1-5H3,(H,14,17). The number of carbonyl (C=O) groups is 1. The molecule has 0 fully saturated rings. The molecule has 0 radical (unpaired) electrons. The molecule has 0 aliphatic rings. The van der Waals surface area contributed by atoms with Crippen LogP contribution in [0.1, 0.15) is 38.2 Å². The van der Waals surface area contributed by atoms with Gasteiger partial charge in [0.25, 0.3) is 5.91 Å². The van der Waals surface area contributed by atoms with E-state index in [1.807, 2.05) is 7.05 Å². The Morgan fingerprint density at radius 1 is 1.35 bits per heavy atom. The molecule has 17 heavy (non-hydrogen) atoms. The number of amides is 1. The molecule has 1 aromatic heterocycles. The molecule has 4 heteroatoms. The zero-order valence-electron chi connectivity index (χ0n) is 11.4. The van der Waals surface area contributed by atoms with Gasteiger partial charge in [-0.25, -0.2) is 0 Å². The Hall–Kier alpha value is -1.32. The molecule has 0 bridgehead atoms. The quantitative estimate of drug-likeness (QED) is 0.852. The maximum absolute atomic E-state index is 11.8. The predicted molar refractivity (Wildman–Crippen MR) is 68.7 cm³/mol. The van der Waals surface area contributed by atoms with Gasteiger partial charge in [0, 0.05) is 19.8 Å². The van der Waals surface area contributed by atoms with Crippen LogP contribution < -0.4 is 5.32 Å². The van der Waals surface area contributed by atoms with Crippen LogP contribution in [-0.4, -0.2) is 22.2 Å². The number of nitrogens with one attached hydrogen (secondary N) is 1. The van der Waals surface area contributed by atoms with Crippen LogP contribution >= 0.6 is 0 Å². The third-order valence-electron chi connectivity index (χ3n) is 3.16. The number of hydrogen-bond donors (Lipinski definition) is 1. The van der Waals surface area contributed by atoms with Crippen LogP contribution in [0.2, 0.25) is 0 Å². The first-order chi connectivity index (χ1) is 7.91. The summed E-state index contributed by atoms with van der Waals surface area (Å²) in [5.41, 5.74) is 0.485. The van der Waals surface area contributed by atoms with Gasteiger partial charge in [-0.15, -0.1) is 0 Å². The van der Waals surface area contributed by atoms with Crippen molar-refractivity contribution in [1.82, 2.24) is 15.1 Å². The van der Waals surface area contributed by atoms with Crippen molar-refractivity contribution in [3.05, 3.63) is 18.0 Å². The summed E-state index contributed by atoms with van der Waals surface area (Å²) in [6.07, 6.45) is 1.78. The Labute approximate surface area is 103 Å². The van der Waals surface area contributed by atoms with Crippen molar-refractivity contribution >= 4 is 5.91 Å².